The van der Waals surface area contributed by atoms with Crippen molar-refractivity contribution in [1.29, 1.82) is 0 Å². The van der Waals surface area contributed by atoms with Gasteiger partial charge in [-0.05, 0) is 13.2 Å². The third-order valence-electron chi connectivity index (χ3n) is 1.16. The zero-order valence-corrected chi connectivity index (χ0v) is 7.40. The van der Waals surface area contributed by atoms with Crippen LogP contribution in [0, 0.1) is 0 Å². The summed E-state index contributed by atoms with van der Waals surface area (Å²) >= 11 is 0. The van der Waals surface area contributed by atoms with Crippen molar-refractivity contribution in [3.05, 3.63) is 28.7 Å². The summed E-state index contributed by atoms with van der Waals surface area (Å²) in [5.41, 5.74) is 0.899. The van der Waals surface area contributed by atoms with Crippen molar-refractivity contribution >= 4 is 22.3 Å². The molecule has 0 amide bonds. The molecule has 0 aliphatic rings. The number of aromatic amines is 1. The van der Waals surface area contributed by atoms with Crippen molar-refractivity contribution in [3.63, 3.8) is 0 Å². The van der Waals surface area contributed by atoms with Crippen LogP contribution in [0.3, 0.4) is 0 Å². The summed E-state index contributed by atoms with van der Waals surface area (Å²) in [7, 11) is 6.29. The Bertz CT molecular complexity index is 266. The van der Waals surface area contributed by atoms with E-state index in [9.17, 15) is 4.79 Å². The molecule has 1 aromatic heterocycles. The van der Waals surface area contributed by atoms with E-state index in [1.807, 2.05) is 19.0 Å². The van der Waals surface area contributed by atoms with Gasteiger partial charge in [0, 0.05) is 6.07 Å². The second kappa shape index (κ2) is 3.70. The lowest BCUT2D eigenvalue weighted by Gasteiger charge is -2.05. The molecule has 0 fully saturated rings. The Kier molecular flexibility index (Phi) is 2.86. The van der Waals surface area contributed by atoms with Gasteiger partial charge in [-0.25, -0.2) is 0 Å². The Hall–Kier alpha value is -0.595. The fourth-order valence-corrected chi connectivity index (χ4v) is 0.910. The molecule has 0 aliphatic carbocycles. The monoisotopic (exact) mass is 167 g/mol. The van der Waals surface area contributed by atoms with Crippen LogP contribution in [0.2, 0.25) is 0 Å². The van der Waals surface area contributed by atoms with E-state index in [0.29, 0.717) is 0 Å². The third-order valence-corrected chi connectivity index (χ3v) is 1.31. The van der Waals surface area contributed by atoms with E-state index in [-0.39, 0.29) is 5.56 Å². The molecular weight excluding hydrogens is 158 g/mol. The number of hydrogen-bond acceptors (Lipinski definition) is 2. The van der Waals surface area contributed by atoms with Crippen LogP contribution >= 0.6 is 9.39 Å². The van der Waals surface area contributed by atoms with Crippen molar-refractivity contribution in [1.82, 2.24) is 9.57 Å². The molecule has 0 spiro atoms. The highest BCUT2D eigenvalue weighted by Gasteiger charge is 1.96. The van der Waals surface area contributed by atoms with Crippen LogP contribution in [0.5, 0.6) is 0 Å². The van der Waals surface area contributed by atoms with Crippen molar-refractivity contribution in [2.45, 2.75) is 0 Å². The molecule has 1 N–H and O–H groups in total. The van der Waals surface area contributed by atoms with Gasteiger partial charge in [0.15, 0.2) is 0 Å². The first-order valence-corrected chi connectivity index (χ1v) is 3.71. The first-order chi connectivity index (χ1) is 5.18. The first-order valence-electron chi connectivity index (χ1n) is 3.19. The van der Waals surface area contributed by atoms with Crippen LogP contribution in [-0.4, -0.2) is 24.0 Å². The molecule has 1 rings (SSSR count). The summed E-state index contributed by atoms with van der Waals surface area (Å²) in [4.78, 5) is 13.2. The number of rotatable bonds is 2. The summed E-state index contributed by atoms with van der Waals surface area (Å²) in [6.45, 7) is 0. The molecule has 1 unspecified atom stereocenters. The van der Waals surface area contributed by atoms with E-state index < -0.39 is 0 Å². The highest BCUT2D eigenvalue weighted by molar-refractivity contribution is 7.16. The molecule has 57 valence electrons. The summed E-state index contributed by atoms with van der Waals surface area (Å²) in [5, 5.41) is 0. The van der Waals surface area contributed by atoms with Gasteiger partial charge in [-0.1, -0.05) is 20.9 Å². The van der Waals surface area contributed by atoms with Gasteiger partial charge in [0.05, 0.1) is 0 Å². The van der Waals surface area contributed by atoms with Crippen LogP contribution in [0.15, 0.2) is 23.1 Å². The maximum absolute atomic E-state index is 10.6. The van der Waals surface area contributed by atoms with E-state index in [0.717, 1.165) is 5.46 Å². The Labute approximate surface area is 68.3 Å². The van der Waals surface area contributed by atoms with Crippen LogP contribution < -0.4 is 11.0 Å². The highest BCUT2D eigenvalue weighted by Crippen LogP contribution is 1.86. The van der Waals surface area contributed by atoms with E-state index in [1.54, 1.807) is 12.3 Å². The Balaban J connectivity index is 2.74. The molecule has 1 heterocycles. The molecule has 0 aliphatic heterocycles. The predicted molar refractivity (Wildman–Crippen MR) is 49.9 cm³/mol. The maximum Gasteiger partial charge on any atom is 0.252 e. The molecule has 11 heavy (non-hydrogen) atoms. The number of hydrogen-bond donors (Lipinski definition) is 1. The second-order valence-electron chi connectivity index (χ2n) is 2.28. The van der Waals surface area contributed by atoms with Gasteiger partial charge in [0.25, 0.3) is 7.41 Å². The smallest absolute Gasteiger partial charge is 0.252 e. The summed E-state index contributed by atoms with van der Waals surface area (Å²) < 4.78 is 1.84. The normalized spacial score (nSPS) is 10.1. The van der Waals surface area contributed by atoms with Crippen LogP contribution in [0.1, 0.15) is 0 Å². The molecule has 0 aromatic carbocycles. The first kappa shape index (κ1) is 8.50. The third kappa shape index (κ3) is 2.87. The lowest BCUT2D eigenvalue weighted by atomic mass is 9.85. The van der Waals surface area contributed by atoms with Crippen LogP contribution in [-0.2, 0) is 0 Å². The molecule has 0 bridgehead atoms. The highest BCUT2D eigenvalue weighted by atomic mass is 31.0. The Morgan fingerprint density at radius 2 is 2.36 bits per heavy atom. The average Bonchev–Trinajstić information content (AvgIpc) is 1.93. The molecule has 0 saturated heterocycles. The number of H-pyrrole nitrogens is 1. The largest absolute Gasteiger partial charge is 0.330 e. The number of nitrogens with one attached hydrogen (secondary N) is 1. The van der Waals surface area contributed by atoms with Crippen LogP contribution in [0.4, 0.5) is 0 Å². The van der Waals surface area contributed by atoms with Crippen LogP contribution in [0.25, 0.3) is 0 Å². The summed E-state index contributed by atoms with van der Waals surface area (Å²) in [6, 6.07) is 3.26. The predicted octanol–water partition coefficient (Wildman–Crippen LogP) is -0.659. The summed E-state index contributed by atoms with van der Waals surface area (Å²) in [5.74, 6) is 0. The van der Waals surface area contributed by atoms with Gasteiger partial charge in [-0.15, -0.1) is 0 Å². The molecule has 5 heteroatoms. The molecule has 3 nitrogen and oxygen atoms in total. The van der Waals surface area contributed by atoms with Gasteiger partial charge >= 0.3 is 0 Å². The number of nitrogens with zero attached hydrogens (tertiary/aromatic N) is 1. The van der Waals surface area contributed by atoms with Gasteiger partial charge in [-0.3, -0.25) is 4.79 Å². The summed E-state index contributed by atoms with van der Waals surface area (Å²) in [6.07, 6.45) is 1.67. The quantitative estimate of drug-likeness (QED) is 0.468. The molecule has 1 radical (unpaired) electrons. The zero-order chi connectivity index (χ0) is 8.27. The van der Waals surface area contributed by atoms with Crippen molar-refractivity contribution < 1.29 is 0 Å². The molecule has 0 saturated carbocycles. The topological polar surface area (TPSA) is 36.1 Å². The molecule has 1 aromatic rings. The molecule has 1 atom stereocenters. The minimum Gasteiger partial charge on any atom is -0.330 e. The minimum atomic E-state index is -0.0754. The number of aromatic nitrogens is 1. The van der Waals surface area contributed by atoms with E-state index in [1.165, 1.54) is 6.07 Å². The van der Waals surface area contributed by atoms with Crippen molar-refractivity contribution in [3.8, 4) is 0 Å². The second-order valence-corrected chi connectivity index (χ2v) is 3.10. The van der Waals surface area contributed by atoms with Gasteiger partial charge in [-0.2, -0.15) is 0 Å². The Morgan fingerprint density at radius 3 is 2.82 bits per heavy atom. The van der Waals surface area contributed by atoms with Crippen molar-refractivity contribution in [2.75, 3.05) is 7.05 Å². The SMILES string of the molecule is CN(P)[B]c1ccc(=O)[nH]c1. The molecular formula is C6H9BN2OP. The van der Waals surface area contributed by atoms with Gasteiger partial charge < -0.3 is 9.57 Å². The average molecular weight is 167 g/mol. The standard InChI is InChI=1S/C6H9BN2OP/c1-9(11)7-5-2-3-6(10)8-4-5/h2-4H,11H2,1H3,(H,8,10). The lowest BCUT2D eigenvalue weighted by Crippen LogP contribution is -2.27. The minimum absolute atomic E-state index is 0.0754. The fraction of sp³-hybridized carbons (Fsp3) is 0.167. The van der Waals surface area contributed by atoms with E-state index in [2.05, 4.69) is 14.4 Å². The van der Waals surface area contributed by atoms with E-state index in [4.69, 9.17) is 0 Å². The fourth-order valence-electron chi connectivity index (χ4n) is 0.738. The van der Waals surface area contributed by atoms with Crippen molar-refractivity contribution in [2.24, 2.45) is 0 Å². The van der Waals surface area contributed by atoms with E-state index >= 15 is 0 Å². The zero-order valence-electron chi connectivity index (χ0n) is 6.24. The lowest BCUT2D eigenvalue weighted by molar-refractivity contribution is 0.906. The number of pyridine rings is 1. The van der Waals surface area contributed by atoms with Gasteiger partial charge in [0.1, 0.15) is 0 Å². The Morgan fingerprint density at radius 1 is 1.64 bits per heavy atom. The maximum atomic E-state index is 10.6. The van der Waals surface area contributed by atoms with Gasteiger partial charge in [0.2, 0.25) is 5.56 Å².